The van der Waals surface area contributed by atoms with Crippen molar-refractivity contribution >= 4 is 5.97 Å². The molecule has 0 aromatic heterocycles. The summed E-state index contributed by atoms with van der Waals surface area (Å²) >= 11 is 0. The highest BCUT2D eigenvalue weighted by Gasteiger charge is 2.13. The second-order valence-electron chi connectivity index (χ2n) is 4.32. The van der Waals surface area contributed by atoms with Gasteiger partial charge in [-0.1, -0.05) is 23.3 Å². The van der Waals surface area contributed by atoms with Crippen LogP contribution in [0, 0.1) is 5.82 Å². The van der Waals surface area contributed by atoms with Gasteiger partial charge in [0.1, 0.15) is 18.3 Å². The molecule has 0 atom stereocenters. The summed E-state index contributed by atoms with van der Waals surface area (Å²) in [4.78, 5) is 13.4. The van der Waals surface area contributed by atoms with Gasteiger partial charge in [-0.3, -0.25) is 0 Å². The van der Waals surface area contributed by atoms with Crippen LogP contribution in [0.2, 0.25) is 0 Å². The van der Waals surface area contributed by atoms with E-state index in [-0.39, 0.29) is 30.4 Å². The number of benzene rings is 2. The molecule has 2 rings (SSSR count). The van der Waals surface area contributed by atoms with Crippen molar-refractivity contribution in [2.45, 2.75) is 0 Å². The third kappa shape index (κ3) is 4.19. The van der Waals surface area contributed by atoms with Gasteiger partial charge in [-0.15, -0.1) is 0 Å². The molecule has 2 aromatic rings. The first-order valence-corrected chi connectivity index (χ1v) is 6.47. The summed E-state index contributed by atoms with van der Waals surface area (Å²) in [6, 6.07) is 10.1. The molecule has 0 saturated carbocycles. The van der Waals surface area contributed by atoms with Crippen LogP contribution >= 0.6 is 0 Å². The summed E-state index contributed by atoms with van der Waals surface area (Å²) in [6.45, 7) is -0.420. The lowest BCUT2D eigenvalue weighted by atomic mass is 10.0. The Balaban J connectivity index is 2.23. The Morgan fingerprint density at radius 2 is 2.00 bits per heavy atom. The third-order valence-corrected chi connectivity index (χ3v) is 2.91. The zero-order chi connectivity index (χ0) is 16.7. The number of carboxylic acids is 1. The fraction of sp³-hybridized carbons (Fsp3) is 0.133. The minimum atomic E-state index is -1.06. The number of azide groups is 1. The molecule has 0 amide bonds. The second-order valence-corrected chi connectivity index (χ2v) is 4.32. The van der Waals surface area contributed by atoms with Crippen molar-refractivity contribution in [2.75, 3.05) is 13.5 Å². The average molecular weight is 317 g/mol. The first-order chi connectivity index (χ1) is 11.1. The monoisotopic (exact) mass is 317 g/mol. The van der Waals surface area contributed by atoms with Crippen molar-refractivity contribution in [1.82, 2.24) is 0 Å². The van der Waals surface area contributed by atoms with Crippen LogP contribution in [-0.2, 0) is 4.74 Å². The van der Waals surface area contributed by atoms with Gasteiger partial charge in [0.05, 0.1) is 11.1 Å². The lowest BCUT2D eigenvalue weighted by molar-refractivity contribution is 0.0191. The molecule has 1 N–H and O–H groups in total. The van der Waals surface area contributed by atoms with Gasteiger partial charge in [0.2, 0.25) is 0 Å². The predicted molar refractivity (Wildman–Crippen MR) is 79.4 cm³/mol. The molecule has 0 saturated heterocycles. The highest BCUT2D eigenvalue weighted by Crippen LogP contribution is 2.32. The van der Waals surface area contributed by atoms with Gasteiger partial charge in [-0.2, -0.15) is 0 Å². The Morgan fingerprint density at radius 3 is 2.65 bits per heavy atom. The molecule has 0 spiro atoms. The largest absolute Gasteiger partial charge is 0.478 e. The molecule has 0 aliphatic carbocycles. The van der Waals surface area contributed by atoms with Crippen molar-refractivity contribution in [3.05, 3.63) is 64.3 Å². The van der Waals surface area contributed by atoms with Crippen molar-refractivity contribution in [2.24, 2.45) is 5.11 Å². The molecular formula is C15H12FN3O4. The molecule has 118 valence electrons. The lowest BCUT2D eigenvalue weighted by Crippen LogP contribution is -2.04. The van der Waals surface area contributed by atoms with Gasteiger partial charge >= 0.3 is 5.97 Å². The molecule has 0 aliphatic rings. The van der Waals surface area contributed by atoms with E-state index in [1.54, 1.807) is 6.07 Å². The first-order valence-electron chi connectivity index (χ1n) is 6.47. The van der Waals surface area contributed by atoms with Crippen LogP contribution in [0.15, 0.2) is 47.6 Å². The average Bonchev–Trinajstić information content (AvgIpc) is 2.55. The SMILES string of the molecule is [N-]=[N+]=NCOCOc1cccc(F)c1-c1ccc(C(=O)O)cc1. The molecule has 0 bridgehead atoms. The maximum absolute atomic E-state index is 14.1. The van der Waals surface area contributed by atoms with E-state index in [0.717, 1.165) is 0 Å². The van der Waals surface area contributed by atoms with Gasteiger partial charge in [-0.05, 0) is 35.4 Å². The maximum Gasteiger partial charge on any atom is 0.335 e. The van der Waals surface area contributed by atoms with E-state index in [1.807, 2.05) is 0 Å². The quantitative estimate of drug-likeness (QED) is 0.275. The summed E-state index contributed by atoms with van der Waals surface area (Å²) in [5.74, 6) is -1.34. The van der Waals surface area contributed by atoms with E-state index in [1.165, 1.54) is 36.4 Å². The summed E-state index contributed by atoms with van der Waals surface area (Å²) in [6.07, 6.45) is 0. The van der Waals surface area contributed by atoms with Gasteiger partial charge in [0, 0.05) is 4.91 Å². The molecule has 0 fully saturated rings. The smallest absolute Gasteiger partial charge is 0.335 e. The van der Waals surface area contributed by atoms with E-state index in [9.17, 15) is 9.18 Å². The lowest BCUT2D eigenvalue weighted by Gasteiger charge is -2.12. The second kappa shape index (κ2) is 7.79. The van der Waals surface area contributed by atoms with Gasteiger partial charge in [-0.25, -0.2) is 9.18 Å². The molecular weight excluding hydrogens is 305 g/mol. The molecule has 8 heteroatoms. The number of hydrogen-bond acceptors (Lipinski definition) is 4. The van der Waals surface area contributed by atoms with E-state index in [4.69, 9.17) is 20.1 Å². The van der Waals surface area contributed by atoms with Gasteiger partial charge in [0.25, 0.3) is 0 Å². The predicted octanol–water partition coefficient (Wildman–Crippen LogP) is 3.81. The zero-order valence-electron chi connectivity index (χ0n) is 11.8. The van der Waals surface area contributed by atoms with Crippen LogP contribution in [0.3, 0.4) is 0 Å². The maximum atomic E-state index is 14.1. The van der Waals surface area contributed by atoms with Crippen LogP contribution in [0.25, 0.3) is 21.6 Å². The van der Waals surface area contributed by atoms with E-state index in [0.29, 0.717) is 5.56 Å². The standard InChI is InChI=1S/C15H12FN3O4/c16-12-2-1-3-13(23-9-22-8-18-19-17)14(12)10-4-6-11(7-5-10)15(20)21/h1-7H,8-9H2,(H,20,21). The third-order valence-electron chi connectivity index (χ3n) is 2.91. The van der Waals surface area contributed by atoms with Gasteiger partial charge in [0.15, 0.2) is 6.79 Å². The number of carboxylic acid groups (broad SMARTS) is 1. The van der Waals surface area contributed by atoms with E-state index >= 15 is 0 Å². The number of nitrogens with zero attached hydrogens (tertiary/aromatic N) is 3. The molecule has 0 radical (unpaired) electrons. The Labute approximate surface area is 130 Å². The van der Waals surface area contributed by atoms with Crippen molar-refractivity contribution in [3.8, 4) is 16.9 Å². The fourth-order valence-electron chi connectivity index (χ4n) is 1.89. The number of carbonyl (C=O) groups is 1. The van der Waals surface area contributed by atoms with Crippen LogP contribution in [-0.4, -0.2) is 24.6 Å². The zero-order valence-corrected chi connectivity index (χ0v) is 11.8. The minimum Gasteiger partial charge on any atom is -0.478 e. The summed E-state index contributed by atoms with van der Waals surface area (Å²) < 4.78 is 24.4. The van der Waals surface area contributed by atoms with Crippen LogP contribution < -0.4 is 4.74 Å². The Kier molecular flexibility index (Phi) is 5.51. The molecule has 2 aromatic carbocycles. The summed E-state index contributed by atoms with van der Waals surface area (Å²) in [7, 11) is 0. The minimum absolute atomic E-state index is 0.102. The number of rotatable bonds is 7. The van der Waals surface area contributed by atoms with E-state index < -0.39 is 11.8 Å². The Hall–Kier alpha value is -3.09. The Bertz CT molecular complexity index is 743. The van der Waals surface area contributed by atoms with Crippen molar-refractivity contribution in [1.29, 1.82) is 0 Å². The summed E-state index contributed by atoms with van der Waals surface area (Å²) in [5, 5.41) is 12.1. The molecule has 0 heterocycles. The number of halogens is 1. The van der Waals surface area contributed by atoms with Crippen molar-refractivity contribution in [3.63, 3.8) is 0 Å². The normalized spacial score (nSPS) is 9.96. The van der Waals surface area contributed by atoms with Crippen LogP contribution in [0.1, 0.15) is 10.4 Å². The topological polar surface area (TPSA) is 105 Å². The summed E-state index contributed by atoms with van der Waals surface area (Å²) in [5.41, 5.74) is 8.88. The number of aromatic carboxylic acids is 1. The number of ether oxygens (including phenoxy) is 2. The van der Waals surface area contributed by atoms with Crippen molar-refractivity contribution < 1.29 is 23.8 Å². The first kappa shape index (κ1) is 16.3. The highest BCUT2D eigenvalue weighted by molar-refractivity contribution is 5.88. The highest BCUT2D eigenvalue weighted by atomic mass is 19.1. The van der Waals surface area contributed by atoms with E-state index in [2.05, 4.69) is 10.0 Å². The van der Waals surface area contributed by atoms with Gasteiger partial charge < -0.3 is 14.6 Å². The molecule has 0 aliphatic heterocycles. The molecule has 0 unspecified atom stereocenters. The number of hydrogen-bond donors (Lipinski definition) is 1. The Morgan fingerprint density at radius 1 is 1.26 bits per heavy atom. The molecule has 23 heavy (non-hydrogen) atoms. The van der Waals surface area contributed by atoms with Crippen LogP contribution in [0.5, 0.6) is 5.75 Å². The molecule has 7 nitrogen and oxygen atoms in total. The fourth-order valence-corrected chi connectivity index (χ4v) is 1.89. The van der Waals surface area contributed by atoms with Crippen LogP contribution in [0.4, 0.5) is 4.39 Å².